The smallest absolute Gasteiger partial charge is 0.302 e. The van der Waals surface area contributed by atoms with Gasteiger partial charge in [-0.3, -0.25) is 14.4 Å². The zero-order valence-electron chi connectivity index (χ0n) is 21.6. The summed E-state index contributed by atoms with van der Waals surface area (Å²) in [6, 6.07) is 0. The van der Waals surface area contributed by atoms with Crippen molar-refractivity contribution < 1.29 is 38.4 Å². The number of carbonyl (C=O) groups excluding carboxylic acids is 3. The molecule has 1 heterocycles. The van der Waals surface area contributed by atoms with Gasteiger partial charge in [-0.1, -0.05) is 20.8 Å². The molecule has 7 atom stereocenters. The molecule has 34 heavy (non-hydrogen) atoms. The Bertz CT molecular complexity index is 798. The maximum Gasteiger partial charge on any atom is 0.302 e. The molecule has 0 aromatic rings. The van der Waals surface area contributed by atoms with Gasteiger partial charge in [-0.15, -0.1) is 0 Å². The van der Waals surface area contributed by atoms with Crippen molar-refractivity contribution in [2.45, 2.75) is 104 Å². The highest BCUT2D eigenvalue weighted by molar-refractivity contribution is 5.66. The molecule has 7 unspecified atom stereocenters. The monoisotopic (exact) mass is 482 g/mol. The van der Waals surface area contributed by atoms with Crippen molar-refractivity contribution in [2.75, 3.05) is 19.8 Å². The molecule has 0 aromatic carbocycles. The SMILES string of the molecule is CC(=O)OCCC1(COC(C)=O)CCC2(O1)C(C)CCC1C(C)(COC(C)=O)C(O)CCC12C. The van der Waals surface area contributed by atoms with E-state index in [-0.39, 0.29) is 55.0 Å². The predicted molar refractivity (Wildman–Crippen MR) is 124 cm³/mol. The first-order valence-electron chi connectivity index (χ1n) is 12.6. The van der Waals surface area contributed by atoms with E-state index in [0.29, 0.717) is 19.3 Å². The highest BCUT2D eigenvalue weighted by Crippen LogP contribution is 2.68. The molecule has 8 heteroatoms. The minimum absolute atomic E-state index is 0.0947. The van der Waals surface area contributed by atoms with E-state index in [1.807, 2.05) is 6.92 Å². The van der Waals surface area contributed by atoms with Gasteiger partial charge < -0.3 is 24.1 Å². The van der Waals surface area contributed by atoms with Crippen LogP contribution in [0.3, 0.4) is 0 Å². The maximum atomic E-state index is 11.7. The van der Waals surface area contributed by atoms with Crippen molar-refractivity contribution in [3.05, 3.63) is 0 Å². The Balaban J connectivity index is 1.95. The van der Waals surface area contributed by atoms with Crippen LogP contribution < -0.4 is 0 Å². The summed E-state index contributed by atoms with van der Waals surface area (Å²) in [7, 11) is 0. The van der Waals surface area contributed by atoms with Crippen LogP contribution in [0.5, 0.6) is 0 Å². The molecular formula is C26H42O8. The van der Waals surface area contributed by atoms with Gasteiger partial charge in [0, 0.05) is 38.0 Å². The summed E-state index contributed by atoms with van der Waals surface area (Å²) in [5, 5.41) is 11.1. The Labute approximate surface area is 203 Å². The first-order valence-corrected chi connectivity index (χ1v) is 12.6. The fraction of sp³-hybridized carbons (Fsp3) is 0.885. The van der Waals surface area contributed by atoms with Crippen molar-refractivity contribution >= 4 is 17.9 Å². The van der Waals surface area contributed by atoms with E-state index in [9.17, 15) is 19.5 Å². The van der Waals surface area contributed by atoms with Gasteiger partial charge in [0.05, 0.1) is 24.9 Å². The topological polar surface area (TPSA) is 108 Å². The van der Waals surface area contributed by atoms with Crippen molar-refractivity contribution in [1.29, 1.82) is 0 Å². The number of fused-ring (bicyclic) bond motifs is 2. The van der Waals surface area contributed by atoms with Gasteiger partial charge in [-0.25, -0.2) is 0 Å². The normalized spacial score (nSPS) is 41.6. The Hall–Kier alpha value is -1.67. The van der Waals surface area contributed by atoms with Crippen LogP contribution in [0, 0.1) is 22.7 Å². The quantitative estimate of drug-likeness (QED) is 0.433. The van der Waals surface area contributed by atoms with Crippen LogP contribution in [0.1, 0.15) is 86.5 Å². The van der Waals surface area contributed by atoms with Crippen LogP contribution in [0.15, 0.2) is 0 Å². The lowest BCUT2D eigenvalue weighted by Gasteiger charge is -2.65. The van der Waals surface area contributed by atoms with E-state index in [1.54, 1.807) is 0 Å². The van der Waals surface area contributed by atoms with Gasteiger partial charge in [0.15, 0.2) is 0 Å². The maximum absolute atomic E-state index is 11.7. The van der Waals surface area contributed by atoms with Crippen LogP contribution in [0.25, 0.3) is 0 Å². The lowest BCUT2D eigenvalue weighted by atomic mass is 9.43. The first-order chi connectivity index (χ1) is 15.8. The van der Waals surface area contributed by atoms with Crippen LogP contribution in [-0.2, 0) is 33.3 Å². The second kappa shape index (κ2) is 9.76. The number of aliphatic hydroxyl groups is 1. The van der Waals surface area contributed by atoms with Crippen molar-refractivity contribution in [3.63, 3.8) is 0 Å². The number of aliphatic hydroxyl groups excluding tert-OH is 1. The van der Waals surface area contributed by atoms with E-state index in [2.05, 4.69) is 13.8 Å². The van der Waals surface area contributed by atoms with E-state index in [4.69, 9.17) is 18.9 Å². The third kappa shape index (κ3) is 4.72. The van der Waals surface area contributed by atoms with Gasteiger partial charge in [-0.05, 0) is 50.4 Å². The number of hydrogen-bond acceptors (Lipinski definition) is 8. The highest BCUT2D eigenvalue weighted by atomic mass is 16.6. The molecule has 8 nitrogen and oxygen atoms in total. The zero-order chi connectivity index (χ0) is 25.4. The molecule has 194 valence electrons. The molecule has 0 bridgehead atoms. The third-order valence-corrected chi connectivity index (χ3v) is 9.25. The Morgan fingerprint density at radius 1 is 0.882 bits per heavy atom. The summed E-state index contributed by atoms with van der Waals surface area (Å²) in [5.41, 5.74) is -2.06. The molecule has 2 aliphatic carbocycles. The second-order valence-electron chi connectivity index (χ2n) is 11.3. The fourth-order valence-corrected chi connectivity index (χ4v) is 7.34. The van der Waals surface area contributed by atoms with Gasteiger partial charge in [0.2, 0.25) is 0 Å². The molecular weight excluding hydrogens is 440 g/mol. The summed E-state index contributed by atoms with van der Waals surface area (Å²) in [6.45, 7) is 11.2. The molecule has 0 amide bonds. The lowest BCUT2D eigenvalue weighted by molar-refractivity contribution is -0.273. The van der Waals surface area contributed by atoms with Crippen molar-refractivity contribution in [1.82, 2.24) is 0 Å². The summed E-state index contributed by atoms with van der Waals surface area (Å²) in [6.07, 6.45) is 4.62. The average molecular weight is 483 g/mol. The Kier molecular flexibility index (Phi) is 7.73. The number of carbonyl (C=O) groups is 3. The van der Waals surface area contributed by atoms with Crippen LogP contribution in [-0.4, -0.2) is 60.1 Å². The largest absolute Gasteiger partial charge is 0.466 e. The first kappa shape index (κ1) is 26.9. The number of esters is 3. The van der Waals surface area contributed by atoms with Crippen molar-refractivity contribution in [3.8, 4) is 0 Å². The predicted octanol–water partition coefficient (Wildman–Crippen LogP) is 3.57. The number of rotatable bonds is 7. The van der Waals surface area contributed by atoms with Gasteiger partial charge >= 0.3 is 17.9 Å². The molecule has 0 radical (unpaired) electrons. The average Bonchev–Trinajstić information content (AvgIpc) is 3.14. The Morgan fingerprint density at radius 3 is 2.12 bits per heavy atom. The number of hydrogen-bond donors (Lipinski definition) is 1. The van der Waals surface area contributed by atoms with E-state index >= 15 is 0 Å². The standard InChI is InChI=1S/C26H42O8/c1-17-7-8-21-23(5,15-32-19(3)28)22(30)9-10-24(21,6)26(17)12-11-25(34-26,16-33-20(4)29)13-14-31-18(2)27/h17,21-22,30H,7-16H2,1-6H3. The van der Waals surface area contributed by atoms with Gasteiger partial charge in [0.25, 0.3) is 0 Å². The molecule has 3 aliphatic rings. The van der Waals surface area contributed by atoms with Crippen LogP contribution in [0.4, 0.5) is 0 Å². The molecule has 0 aromatic heterocycles. The van der Waals surface area contributed by atoms with E-state index in [1.165, 1.54) is 20.8 Å². The summed E-state index contributed by atoms with van der Waals surface area (Å²) in [4.78, 5) is 34.7. The highest BCUT2D eigenvalue weighted by Gasteiger charge is 2.69. The van der Waals surface area contributed by atoms with Gasteiger partial charge in [0.1, 0.15) is 12.2 Å². The van der Waals surface area contributed by atoms with E-state index in [0.717, 1.165) is 25.7 Å². The molecule has 3 fully saturated rings. The summed E-state index contributed by atoms with van der Waals surface area (Å²) >= 11 is 0. The molecule has 2 saturated carbocycles. The molecule has 1 aliphatic heterocycles. The van der Waals surface area contributed by atoms with Crippen molar-refractivity contribution in [2.24, 2.45) is 22.7 Å². The molecule has 1 saturated heterocycles. The minimum Gasteiger partial charge on any atom is -0.466 e. The summed E-state index contributed by atoms with van der Waals surface area (Å²) in [5.74, 6) is -0.711. The Morgan fingerprint density at radius 2 is 1.50 bits per heavy atom. The second-order valence-corrected chi connectivity index (χ2v) is 11.3. The molecule has 1 spiro atoms. The fourth-order valence-electron chi connectivity index (χ4n) is 7.34. The number of ether oxygens (including phenoxy) is 4. The van der Waals surface area contributed by atoms with Gasteiger partial charge in [-0.2, -0.15) is 0 Å². The van der Waals surface area contributed by atoms with E-state index < -0.39 is 22.7 Å². The zero-order valence-corrected chi connectivity index (χ0v) is 21.6. The molecule has 1 N–H and O–H groups in total. The van der Waals surface area contributed by atoms with Crippen LogP contribution >= 0.6 is 0 Å². The lowest BCUT2D eigenvalue weighted by Crippen LogP contribution is -2.66. The third-order valence-electron chi connectivity index (χ3n) is 9.25. The van der Waals surface area contributed by atoms with Crippen LogP contribution in [0.2, 0.25) is 0 Å². The summed E-state index contributed by atoms with van der Waals surface area (Å²) < 4.78 is 23.2. The minimum atomic E-state index is -0.734. The molecule has 3 rings (SSSR count).